The Morgan fingerprint density at radius 1 is 1.29 bits per heavy atom. The first-order valence-corrected chi connectivity index (χ1v) is 7.38. The molecule has 24 heavy (non-hydrogen) atoms. The van der Waals surface area contributed by atoms with E-state index in [4.69, 9.17) is 10.5 Å². The van der Waals surface area contributed by atoms with Crippen LogP contribution in [-0.4, -0.2) is 60.9 Å². The summed E-state index contributed by atoms with van der Waals surface area (Å²) in [5.74, 6) is -0.796. The van der Waals surface area contributed by atoms with Crippen LogP contribution < -0.4 is 5.73 Å². The van der Waals surface area contributed by atoms with E-state index in [9.17, 15) is 20.1 Å². The molecule has 5 N–H and O–H groups in total. The van der Waals surface area contributed by atoms with E-state index >= 15 is 0 Å². The number of ether oxygens (including phenoxy) is 1. The minimum Gasteiger partial charge on any atom is -0.394 e. The lowest BCUT2D eigenvalue weighted by Gasteiger charge is -2.17. The number of aryl methyl sites for hydroxylation is 1. The minimum absolute atomic E-state index is 0.233. The van der Waals surface area contributed by atoms with E-state index in [0.717, 1.165) is 5.56 Å². The number of aromatic nitrogens is 3. The normalized spacial score (nSPS) is 26.7. The van der Waals surface area contributed by atoms with Crippen molar-refractivity contribution in [3.8, 4) is 11.4 Å². The van der Waals surface area contributed by atoms with Crippen LogP contribution in [0, 0.1) is 6.92 Å². The molecule has 2 heterocycles. The maximum atomic E-state index is 11.4. The van der Waals surface area contributed by atoms with Gasteiger partial charge in [0.2, 0.25) is 5.82 Å². The number of benzene rings is 1. The molecular weight excluding hydrogens is 316 g/mol. The van der Waals surface area contributed by atoms with E-state index in [1.54, 1.807) is 12.1 Å². The highest BCUT2D eigenvalue weighted by Gasteiger charge is 2.45. The molecule has 3 rings (SSSR count). The third-order valence-electron chi connectivity index (χ3n) is 3.92. The first-order valence-electron chi connectivity index (χ1n) is 7.38. The summed E-state index contributed by atoms with van der Waals surface area (Å²) >= 11 is 0. The molecule has 1 aliphatic heterocycles. The zero-order chi connectivity index (χ0) is 17.4. The third kappa shape index (κ3) is 2.78. The molecule has 9 heteroatoms. The number of hydrogen-bond acceptors (Lipinski definition) is 7. The van der Waals surface area contributed by atoms with Gasteiger partial charge in [-0.25, -0.2) is 9.67 Å². The average molecular weight is 334 g/mol. The fraction of sp³-hybridized carbons (Fsp3) is 0.400. The van der Waals surface area contributed by atoms with Gasteiger partial charge in [0, 0.05) is 5.56 Å². The lowest BCUT2D eigenvalue weighted by atomic mass is 10.1. The fourth-order valence-electron chi connectivity index (χ4n) is 2.59. The Hall–Kier alpha value is -2.33. The van der Waals surface area contributed by atoms with Crippen molar-refractivity contribution in [3.63, 3.8) is 0 Å². The zero-order valence-electron chi connectivity index (χ0n) is 12.9. The summed E-state index contributed by atoms with van der Waals surface area (Å²) in [5.41, 5.74) is 6.91. The van der Waals surface area contributed by atoms with Crippen molar-refractivity contribution in [2.24, 2.45) is 5.73 Å². The second-order valence-corrected chi connectivity index (χ2v) is 5.66. The van der Waals surface area contributed by atoms with Gasteiger partial charge in [0.15, 0.2) is 12.1 Å². The van der Waals surface area contributed by atoms with Crippen LogP contribution in [0.15, 0.2) is 24.3 Å². The molecule has 128 valence electrons. The topological polar surface area (TPSA) is 144 Å². The van der Waals surface area contributed by atoms with Crippen molar-refractivity contribution < 1.29 is 24.9 Å². The van der Waals surface area contributed by atoms with Gasteiger partial charge in [-0.2, -0.15) is 0 Å². The van der Waals surface area contributed by atoms with Crippen molar-refractivity contribution in [2.45, 2.75) is 31.5 Å². The van der Waals surface area contributed by atoms with Crippen molar-refractivity contribution in [1.29, 1.82) is 0 Å². The summed E-state index contributed by atoms with van der Waals surface area (Å²) in [6.07, 6.45) is -4.69. The number of carbonyl (C=O) groups excluding carboxylic acids is 1. The predicted octanol–water partition coefficient (Wildman–Crippen LogP) is -1.04. The second kappa shape index (κ2) is 6.29. The van der Waals surface area contributed by atoms with Crippen LogP contribution in [0.25, 0.3) is 11.4 Å². The fourth-order valence-corrected chi connectivity index (χ4v) is 2.59. The van der Waals surface area contributed by atoms with Crippen LogP contribution in [0.5, 0.6) is 0 Å². The number of primary amides is 1. The van der Waals surface area contributed by atoms with Gasteiger partial charge in [-0.15, -0.1) is 5.10 Å². The molecule has 9 nitrogen and oxygen atoms in total. The van der Waals surface area contributed by atoms with Crippen LogP contribution in [0.1, 0.15) is 22.4 Å². The Labute approximate surface area is 137 Å². The number of amides is 1. The van der Waals surface area contributed by atoms with E-state index < -0.39 is 37.1 Å². The molecule has 0 saturated carbocycles. The van der Waals surface area contributed by atoms with Gasteiger partial charge in [0.25, 0.3) is 5.91 Å². The van der Waals surface area contributed by atoms with Gasteiger partial charge in [-0.05, 0) is 6.92 Å². The molecule has 0 unspecified atom stereocenters. The summed E-state index contributed by atoms with van der Waals surface area (Å²) in [6.45, 7) is 1.46. The molecule has 0 spiro atoms. The number of carbonyl (C=O) groups is 1. The lowest BCUT2D eigenvalue weighted by molar-refractivity contribution is -0.0579. The Morgan fingerprint density at radius 3 is 2.50 bits per heavy atom. The quantitative estimate of drug-likeness (QED) is 0.559. The highest BCUT2D eigenvalue weighted by molar-refractivity contribution is 5.89. The van der Waals surface area contributed by atoms with Gasteiger partial charge in [-0.3, -0.25) is 4.79 Å². The van der Waals surface area contributed by atoms with Crippen LogP contribution in [-0.2, 0) is 4.74 Å². The molecule has 0 bridgehead atoms. The molecular formula is C15H18N4O5. The Morgan fingerprint density at radius 2 is 1.96 bits per heavy atom. The summed E-state index contributed by atoms with van der Waals surface area (Å²) in [5, 5.41) is 33.3. The predicted molar refractivity (Wildman–Crippen MR) is 81.7 cm³/mol. The number of nitrogens with two attached hydrogens (primary N) is 1. The molecule has 1 aliphatic rings. The summed E-state index contributed by atoms with van der Waals surface area (Å²) in [6, 6.07) is 7.27. The number of aliphatic hydroxyl groups excluding tert-OH is 3. The van der Waals surface area contributed by atoms with Crippen molar-refractivity contribution in [1.82, 2.24) is 14.8 Å². The third-order valence-corrected chi connectivity index (χ3v) is 3.92. The van der Waals surface area contributed by atoms with E-state index in [2.05, 4.69) is 10.1 Å². The smallest absolute Gasteiger partial charge is 0.288 e. The first-order chi connectivity index (χ1) is 11.4. The first kappa shape index (κ1) is 16.5. The molecule has 1 saturated heterocycles. The zero-order valence-corrected chi connectivity index (χ0v) is 12.9. The Kier molecular flexibility index (Phi) is 4.33. The molecule has 1 aromatic heterocycles. The van der Waals surface area contributed by atoms with Crippen molar-refractivity contribution in [3.05, 3.63) is 35.7 Å². The van der Waals surface area contributed by atoms with Crippen LogP contribution >= 0.6 is 0 Å². The molecule has 4 atom stereocenters. The van der Waals surface area contributed by atoms with Gasteiger partial charge in [0.1, 0.15) is 18.3 Å². The summed E-state index contributed by atoms with van der Waals surface area (Å²) < 4.78 is 6.66. The largest absolute Gasteiger partial charge is 0.394 e. The summed E-state index contributed by atoms with van der Waals surface area (Å²) in [4.78, 5) is 15.5. The molecule has 0 aliphatic carbocycles. The number of hydrogen-bond donors (Lipinski definition) is 4. The Balaban J connectivity index is 2.06. The number of aliphatic hydroxyl groups is 3. The Bertz CT molecular complexity index is 745. The SMILES string of the molecule is Cc1ccc(-c2nc(C(N)=O)nn2[C@@H]2O[C@H](CO)[C@@H](O)[C@H]2O)cc1. The maximum Gasteiger partial charge on any atom is 0.288 e. The van der Waals surface area contributed by atoms with E-state index in [0.29, 0.717) is 5.56 Å². The molecule has 0 radical (unpaired) electrons. The highest BCUT2D eigenvalue weighted by atomic mass is 16.6. The molecule has 1 amide bonds. The average Bonchev–Trinajstić information content (AvgIpc) is 3.11. The number of nitrogens with zero attached hydrogens (tertiary/aromatic N) is 3. The molecule has 1 fully saturated rings. The van der Waals surface area contributed by atoms with E-state index in [-0.39, 0.29) is 11.6 Å². The monoisotopic (exact) mass is 334 g/mol. The van der Waals surface area contributed by atoms with Crippen LogP contribution in [0.3, 0.4) is 0 Å². The van der Waals surface area contributed by atoms with E-state index in [1.807, 2.05) is 19.1 Å². The van der Waals surface area contributed by atoms with Crippen molar-refractivity contribution >= 4 is 5.91 Å². The molecule has 1 aromatic carbocycles. The van der Waals surface area contributed by atoms with E-state index in [1.165, 1.54) is 4.68 Å². The number of rotatable bonds is 4. The van der Waals surface area contributed by atoms with Crippen molar-refractivity contribution in [2.75, 3.05) is 6.61 Å². The van der Waals surface area contributed by atoms with Crippen LogP contribution in [0.4, 0.5) is 0 Å². The van der Waals surface area contributed by atoms with Gasteiger partial charge in [0.05, 0.1) is 6.61 Å². The molecule has 2 aromatic rings. The van der Waals surface area contributed by atoms with Gasteiger partial charge >= 0.3 is 0 Å². The standard InChI is InChI=1S/C15H18N4O5/c1-7-2-4-8(5-3-7)14-17-13(12(16)23)18-19(14)15-11(22)10(21)9(6-20)24-15/h2-5,9-11,15,20-22H,6H2,1H3,(H2,16,23)/t9-,10-,11-,15-/m1/s1. The second-order valence-electron chi connectivity index (χ2n) is 5.66. The van der Waals surface area contributed by atoms with Crippen LogP contribution in [0.2, 0.25) is 0 Å². The maximum absolute atomic E-state index is 11.4. The minimum atomic E-state index is -1.34. The van der Waals surface area contributed by atoms with Gasteiger partial charge < -0.3 is 25.8 Å². The highest BCUT2D eigenvalue weighted by Crippen LogP contribution is 2.32. The summed E-state index contributed by atoms with van der Waals surface area (Å²) in [7, 11) is 0. The lowest BCUT2D eigenvalue weighted by Crippen LogP contribution is -2.33. The van der Waals surface area contributed by atoms with Gasteiger partial charge in [-0.1, -0.05) is 29.8 Å².